The van der Waals surface area contributed by atoms with E-state index in [9.17, 15) is 4.79 Å². The van der Waals surface area contributed by atoms with E-state index in [-0.39, 0.29) is 11.7 Å². The summed E-state index contributed by atoms with van der Waals surface area (Å²) in [7, 11) is 1.59. The number of nitrogens with zero attached hydrogens (tertiary/aromatic N) is 1. The highest BCUT2D eigenvalue weighted by Crippen LogP contribution is 2.34. The molecule has 1 aromatic heterocycles. The van der Waals surface area contributed by atoms with Gasteiger partial charge in [-0.25, -0.2) is 4.98 Å². The van der Waals surface area contributed by atoms with Crippen LogP contribution in [-0.2, 0) is 0 Å². The monoisotopic (exact) mass is 247 g/mol. The molecule has 1 saturated carbocycles. The van der Waals surface area contributed by atoms with E-state index in [1.165, 1.54) is 12.8 Å². The third-order valence-electron chi connectivity index (χ3n) is 3.95. The van der Waals surface area contributed by atoms with Crippen LogP contribution in [0, 0.1) is 11.8 Å². The van der Waals surface area contributed by atoms with E-state index in [0.717, 1.165) is 19.3 Å². The van der Waals surface area contributed by atoms with E-state index >= 15 is 0 Å². The number of Topliss-reactive ketones (excluding diaryl/α,β-unsaturated/α-hetero) is 1. The Hall–Kier alpha value is -1.38. The lowest BCUT2D eigenvalue weighted by Crippen LogP contribution is -2.24. The zero-order valence-corrected chi connectivity index (χ0v) is 11.2. The smallest absolute Gasteiger partial charge is 0.188 e. The first-order chi connectivity index (χ1) is 8.76. The number of hydrogen-bond acceptors (Lipinski definition) is 3. The van der Waals surface area contributed by atoms with Gasteiger partial charge in [0.2, 0.25) is 0 Å². The van der Waals surface area contributed by atoms with Gasteiger partial charge in [-0.1, -0.05) is 26.2 Å². The molecular formula is C15H21NO2. The molecule has 0 aliphatic heterocycles. The Morgan fingerprint density at radius 3 is 3.06 bits per heavy atom. The first-order valence-electron chi connectivity index (χ1n) is 6.79. The molecule has 0 amide bonds. The molecule has 1 aromatic rings. The van der Waals surface area contributed by atoms with E-state index in [0.29, 0.717) is 17.4 Å². The first-order valence-corrected chi connectivity index (χ1v) is 6.79. The number of aromatic nitrogens is 1. The summed E-state index contributed by atoms with van der Waals surface area (Å²) in [4.78, 5) is 16.7. The molecule has 2 unspecified atom stereocenters. The van der Waals surface area contributed by atoms with Gasteiger partial charge >= 0.3 is 0 Å². The Labute approximate surface area is 109 Å². The summed E-state index contributed by atoms with van der Waals surface area (Å²) in [6, 6.07) is 3.60. The summed E-state index contributed by atoms with van der Waals surface area (Å²) in [5.74, 6) is 1.58. The third-order valence-corrected chi connectivity index (χ3v) is 3.95. The second-order valence-corrected chi connectivity index (χ2v) is 5.06. The van der Waals surface area contributed by atoms with Crippen molar-refractivity contribution in [3.63, 3.8) is 0 Å². The van der Waals surface area contributed by atoms with Gasteiger partial charge in [-0.05, 0) is 30.9 Å². The maximum absolute atomic E-state index is 12.5. The van der Waals surface area contributed by atoms with Gasteiger partial charge in [0.25, 0.3) is 0 Å². The van der Waals surface area contributed by atoms with Crippen molar-refractivity contribution in [2.75, 3.05) is 7.11 Å². The second-order valence-electron chi connectivity index (χ2n) is 5.06. The van der Waals surface area contributed by atoms with Crippen LogP contribution in [0.5, 0.6) is 5.75 Å². The lowest BCUT2D eigenvalue weighted by Gasteiger charge is -2.27. The predicted octanol–water partition coefficient (Wildman–Crippen LogP) is 3.49. The highest BCUT2D eigenvalue weighted by atomic mass is 16.5. The normalized spacial score (nSPS) is 23.7. The Kier molecular flexibility index (Phi) is 4.34. The number of carbonyl (C=O) groups excluding carboxylic acids is 1. The lowest BCUT2D eigenvalue weighted by atomic mass is 9.77. The van der Waals surface area contributed by atoms with Crippen LogP contribution >= 0.6 is 0 Å². The van der Waals surface area contributed by atoms with Crippen molar-refractivity contribution in [1.82, 2.24) is 4.98 Å². The van der Waals surface area contributed by atoms with Crippen LogP contribution in [0.3, 0.4) is 0 Å². The molecule has 3 heteroatoms. The fourth-order valence-corrected chi connectivity index (χ4v) is 2.83. The van der Waals surface area contributed by atoms with Crippen LogP contribution in [0.2, 0.25) is 0 Å². The van der Waals surface area contributed by atoms with E-state index in [4.69, 9.17) is 4.74 Å². The molecule has 3 nitrogen and oxygen atoms in total. The van der Waals surface area contributed by atoms with Gasteiger partial charge in [0.05, 0.1) is 7.11 Å². The minimum Gasteiger partial charge on any atom is -0.494 e. The summed E-state index contributed by atoms with van der Waals surface area (Å²) in [6.45, 7) is 2.21. The minimum atomic E-state index is 0.132. The van der Waals surface area contributed by atoms with Crippen LogP contribution < -0.4 is 4.74 Å². The SMILES string of the molecule is CCC1CCCC(C(=O)c2ncccc2OC)C1. The number of pyridine rings is 1. The Bertz CT molecular complexity index is 417. The lowest BCUT2D eigenvalue weighted by molar-refractivity contribution is 0.0853. The van der Waals surface area contributed by atoms with Crippen molar-refractivity contribution < 1.29 is 9.53 Å². The molecule has 1 heterocycles. The molecule has 2 rings (SSSR count). The summed E-state index contributed by atoms with van der Waals surface area (Å²) in [6.07, 6.45) is 7.26. The number of rotatable bonds is 4. The highest BCUT2D eigenvalue weighted by Gasteiger charge is 2.29. The molecule has 1 fully saturated rings. The van der Waals surface area contributed by atoms with Crippen molar-refractivity contribution >= 4 is 5.78 Å². The topological polar surface area (TPSA) is 39.2 Å². The molecule has 1 aliphatic rings. The van der Waals surface area contributed by atoms with Crippen LogP contribution in [-0.4, -0.2) is 17.9 Å². The molecule has 0 bridgehead atoms. The zero-order valence-electron chi connectivity index (χ0n) is 11.2. The number of carbonyl (C=O) groups is 1. The van der Waals surface area contributed by atoms with Crippen LogP contribution in [0.4, 0.5) is 0 Å². The average molecular weight is 247 g/mol. The molecule has 0 aromatic carbocycles. The van der Waals surface area contributed by atoms with Gasteiger partial charge < -0.3 is 4.74 Å². The highest BCUT2D eigenvalue weighted by molar-refractivity contribution is 5.98. The maximum Gasteiger partial charge on any atom is 0.188 e. The minimum absolute atomic E-state index is 0.132. The Balaban J connectivity index is 2.15. The number of methoxy groups -OCH3 is 1. The largest absolute Gasteiger partial charge is 0.494 e. The average Bonchev–Trinajstić information content (AvgIpc) is 2.46. The van der Waals surface area contributed by atoms with Crippen LogP contribution in [0.25, 0.3) is 0 Å². The summed E-state index contributed by atoms with van der Waals surface area (Å²) in [5, 5.41) is 0. The Morgan fingerprint density at radius 2 is 2.33 bits per heavy atom. The van der Waals surface area contributed by atoms with Crippen molar-refractivity contribution in [2.45, 2.75) is 39.0 Å². The molecule has 1 aliphatic carbocycles. The number of ether oxygens (including phenoxy) is 1. The molecule has 98 valence electrons. The third kappa shape index (κ3) is 2.71. The quantitative estimate of drug-likeness (QED) is 0.764. The standard InChI is InChI=1S/C15H21NO2/c1-3-11-6-4-7-12(10-11)15(17)14-13(18-2)8-5-9-16-14/h5,8-9,11-12H,3-4,6-7,10H2,1-2H3. The second kappa shape index (κ2) is 5.98. The van der Waals surface area contributed by atoms with Gasteiger partial charge in [-0.2, -0.15) is 0 Å². The molecule has 18 heavy (non-hydrogen) atoms. The van der Waals surface area contributed by atoms with Crippen molar-refractivity contribution in [3.05, 3.63) is 24.0 Å². The van der Waals surface area contributed by atoms with Gasteiger partial charge in [-0.3, -0.25) is 4.79 Å². The maximum atomic E-state index is 12.5. The van der Waals surface area contributed by atoms with Gasteiger partial charge in [0.1, 0.15) is 11.4 Å². The van der Waals surface area contributed by atoms with E-state index in [1.807, 2.05) is 0 Å². The molecule has 0 saturated heterocycles. The summed E-state index contributed by atoms with van der Waals surface area (Å²) >= 11 is 0. The molecule has 0 radical (unpaired) electrons. The number of hydrogen-bond donors (Lipinski definition) is 0. The van der Waals surface area contributed by atoms with Crippen molar-refractivity contribution in [3.8, 4) is 5.75 Å². The van der Waals surface area contributed by atoms with Gasteiger partial charge in [0.15, 0.2) is 5.78 Å². The van der Waals surface area contributed by atoms with Crippen molar-refractivity contribution in [1.29, 1.82) is 0 Å². The van der Waals surface area contributed by atoms with Gasteiger partial charge in [-0.15, -0.1) is 0 Å². The van der Waals surface area contributed by atoms with Crippen LogP contribution in [0.1, 0.15) is 49.5 Å². The molecule has 0 N–H and O–H groups in total. The first kappa shape index (κ1) is 13.1. The summed E-state index contributed by atoms with van der Waals surface area (Å²) < 4.78 is 5.23. The zero-order chi connectivity index (χ0) is 13.0. The molecule has 0 spiro atoms. The molecular weight excluding hydrogens is 226 g/mol. The fourth-order valence-electron chi connectivity index (χ4n) is 2.83. The summed E-state index contributed by atoms with van der Waals surface area (Å²) in [5.41, 5.74) is 0.502. The molecule has 2 atom stereocenters. The van der Waals surface area contributed by atoms with Crippen LogP contribution in [0.15, 0.2) is 18.3 Å². The van der Waals surface area contributed by atoms with E-state index in [2.05, 4.69) is 11.9 Å². The van der Waals surface area contributed by atoms with Gasteiger partial charge in [0, 0.05) is 12.1 Å². The van der Waals surface area contributed by atoms with E-state index < -0.39 is 0 Å². The fraction of sp³-hybridized carbons (Fsp3) is 0.600. The predicted molar refractivity (Wildman–Crippen MR) is 70.9 cm³/mol. The van der Waals surface area contributed by atoms with Crippen molar-refractivity contribution in [2.24, 2.45) is 11.8 Å². The number of ketones is 1. The Morgan fingerprint density at radius 1 is 1.50 bits per heavy atom. The van der Waals surface area contributed by atoms with E-state index in [1.54, 1.807) is 25.4 Å².